The third kappa shape index (κ3) is 5.17. The number of pyridine rings is 2. The Morgan fingerprint density at radius 1 is 0.881 bits per heavy atom. The molecule has 3 aromatic carbocycles. The van der Waals surface area contributed by atoms with Crippen LogP contribution < -0.4 is 30.2 Å². The number of benzene rings is 3. The van der Waals surface area contributed by atoms with Crippen LogP contribution in [0.1, 0.15) is 16.1 Å². The highest BCUT2D eigenvalue weighted by molar-refractivity contribution is 6.08. The van der Waals surface area contributed by atoms with E-state index in [1.165, 1.54) is 33.0 Å². The Kier molecular flexibility index (Phi) is 7.96. The first kappa shape index (κ1) is 28.0. The van der Waals surface area contributed by atoms with Crippen LogP contribution in [0, 0.1) is 0 Å². The van der Waals surface area contributed by atoms with Crippen molar-refractivity contribution in [2.24, 2.45) is 0 Å². The highest BCUT2D eigenvalue weighted by Gasteiger charge is 2.27. The summed E-state index contributed by atoms with van der Waals surface area (Å²) in [6.07, 6.45) is 3.39. The summed E-state index contributed by atoms with van der Waals surface area (Å²) in [5.74, 6) is 0.876. The number of nitrogens with zero attached hydrogens (tertiary/aromatic N) is 2. The Morgan fingerprint density at radius 2 is 1.60 bits per heavy atom. The molecule has 0 bridgehead atoms. The van der Waals surface area contributed by atoms with E-state index in [0.29, 0.717) is 56.3 Å². The number of ether oxygens (including phenoxy) is 5. The zero-order chi connectivity index (χ0) is 29.8. The summed E-state index contributed by atoms with van der Waals surface area (Å²) in [7, 11) is 5.77. The largest absolute Gasteiger partial charge is 0.493 e. The van der Waals surface area contributed by atoms with E-state index in [-0.39, 0.29) is 12.3 Å². The lowest BCUT2D eigenvalue weighted by atomic mass is 9.95. The molecule has 2 N–H and O–H groups in total. The molecule has 0 radical (unpaired) electrons. The van der Waals surface area contributed by atoms with Crippen LogP contribution in [0.2, 0.25) is 0 Å². The van der Waals surface area contributed by atoms with E-state index < -0.39 is 11.5 Å². The molecule has 0 aliphatic carbocycles. The molecule has 10 nitrogen and oxygen atoms in total. The van der Waals surface area contributed by atoms with Gasteiger partial charge in [-0.05, 0) is 71.6 Å². The smallest absolute Gasteiger partial charge is 0.355 e. The summed E-state index contributed by atoms with van der Waals surface area (Å²) < 4.78 is 29.2. The van der Waals surface area contributed by atoms with Gasteiger partial charge in [-0.3, -0.25) is 14.3 Å². The molecule has 0 spiro atoms. The van der Waals surface area contributed by atoms with Crippen molar-refractivity contribution < 1.29 is 28.5 Å². The molecule has 0 aliphatic rings. The number of methoxy groups -OCH3 is 4. The van der Waals surface area contributed by atoms with Crippen molar-refractivity contribution >= 4 is 22.4 Å². The van der Waals surface area contributed by atoms with Crippen LogP contribution in [0.3, 0.4) is 0 Å². The Balaban J connectivity index is 1.85. The molecule has 5 rings (SSSR count). The molecule has 10 heteroatoms. The summed E-state index contributed by atoms with van der Waals surface area (Å²) in [5, 5.41) is 0.807. The van der Waals surface area contributed by atoms with Crippen LogP contribution in [0.25, 0.3) is 27.6 Å². The second-order valence-electron chi connectivity index (χ2n) is 9.22. The van der Waals surface area contributed by atoms with Gasteiger partial charge in [0.05, 0.1) is 33.8 Å². The number of aromatic nitrogens is 2. The lowest BCUT2D eigenvalue weighted by Crippen LogP contribution is -2.27. The third-order valence-corrected chi connectivity index (χ3v) is 6.77. The van der Waals surface area contributed by atoms with Crippen molar-refractivity contribution in [1.82, 2.24) is 9.55 Å². The number of carbonyl (C=O) groups is 1. The van der Waals surface area contributed by atoms with Crippen LogP contribution in [0.15, 0.2) is 83.9 Å². The average molecular weight is 568 g/mol. The van der Waals surface area contributed by atoms with Gasteiger partial charge in [-0.15, -0.1) is 0 Å². The topological polar surface area (TPSA) is 124 Å². The summed E-state index contributed by atoms with van der Waals surface area (Å²) in [6.45, 7) is 0.255. The van der Waals surface area contributed by atoms with Gasteiger partial charge < -0.3 is 29.4 Å². The number of esters is 1. The predicted molar refractivity (Wildman–Crippen MR) is 159 cm³/mol. The first-order valence-corrected chi connectivity index (χ1v) is 12.9. The van der Waals surface area contributed by atoms with E-state index in [9.17, 15) is 9.59 Å². The third-order valence-electron chi connectivity index (χ3n) is 6.77. The molecule has 0 saturated carbocycles. The zero-order valence-corrected chi connectivity index (χ0v) is 23.5. The zero-order valence-electron chi connectivity index (χ0n) is 23.5. The van der Waals surface area contributed by atoms with E-state index in [0.717, 1.165) is 5.56 Å². The van der Waals surface area contributed by atoms with Crippen LogP contribution in [0.4, 0.5) is 5.69 Å². The quantitative estimate of drug-likeness (QED) is 0.193. The van der Waals surface area contributed by atoms with Gasteiger partial charge in [0.2, 0.25) is 5.75 Å². The molecule has 2 aromatic heterocycles. The maximum absolute atomic E-state index is 14.2. The summed E-state index contributed by atoms with van der Waals surface area (Å²) in [5.41, 5.74) is 8.25. The number of fused-ring (bicyclic) bond motifs is 1. The van der Waals surface area contributed by atoms with Gasteiger partial charge in [-0.1, -0.05) is 6.07 Å². The average Bonchev–Trinajstić information content (AvgIpc) is 3.03. The van der Waals surface area contributed by atoms with Crippen LogP contribution in [0.5, 0.6) is 23.0 Å². The van der Waals surface area contributed by atoms with E-state index in [2.05, 4.69) is 4.98 Å². The fourth-order valence-corrected chi connectivity index (χ4v) is 4.80. The van der Waals surface area contributed by atoms with Gasteiger partial charge >= 0.3 is 5.97 Å². The van der Waals surface area contributed by atoms with Gasteiger partial charge in [-0.25, -0.2) is 4.79 Å². The normalized spacial score (nSPS) is 10.8. The molecule has 42 heavy (non-hydrogen) atoms. The minimum Gasteiger partial charge on any atom is -0.493 e. The van der Waals surface area contributed by atoms with Crippen molar-refractivity contribution in [2.75, 3.05) is 34.2 Å². The Bertz CT molecular complexity index is 1790. The molecule has 0 aliphatic heterocycles. The van der Waals surface area contributed by atoms with Gasteiger partial charge in [0, 0.05) is 34.9 Å². The van der Waals surface area contributed by atoms with Crippen molar-refractivity contribution in [3.05, 3.63) is 101 Å². The van der Waals surface area contributed by atoms with Crippen LogP contribution in [-0.2, 0) is 11.3 Å². The van der Waals surface area contributed by atoms with E-state index in [1.54, 1.807) is 67.0 Å². The highest BCUT2D eigenvalue weighted by Crippen LogP contribution is 2.44. The summed E-state index contributed by atoms with van der Waals surface area (Å²) >= 11 is 0. The second-order valence-corrected chi connectivity index (χ2v) is 9.22. The molecule has 0 unspecified atom stereocenters. The van der Waals surface area contributed by atoms with E-state index in [4.69, 9.17) is 29.4 Å². The number of nitrogen functional groups attached to an aromatic ring is 1. The van der Waals surface area contributed by atoms with Gasteiger partial charge in [-0.2, -0.15) is 0 Å². The Labute approximate surface area is 241 Å². The summed E-state index contributed by atoms with van der Waals surface area (Å²) in [4.78, 5) is 31.8. The van der Waals surface area contributed by atoms with Crippen molar-refractivity contribution in [1.29, 1.82) is 0 Å². The molecule has 0 fully saturated rings. The predicted octanol–water partition coefficient (Wildman–Crippen LogP) is 5.03. The molecule has 0 saturated heterocycles. The van der Waals surface area contributed by atoms with Crippen molar-refractivity contribution in [3.63, 3.8) is 0 Å². The number of hydrogen-bond acceptors (Lipinski definition) is 9. The van der Waals surface area contributed by atoms with E-state index in [1.807, 2.05) is 12.1 Å². The number of anilines is 1. The minimum absolute atomic E-state index is 0.0121. The molecular weight excluding hydrogens is 538 g/mol. The van der Waals surface area contributed by atoms with E-state index >= 15 is 0 Å². The summed E-state index contributed by atoms with van der Waals surface area (Å²) in [6, 6.07) is 18.9. The fraction of sp³-hybridized carbons (Fsp3) is 0.156. The molecular formula is C32H29N3O7. The SMILES string of the molecule is COC(=O)c1c(-c2cc(OC)c(OC)c(OC)c2)c2ccc(OCc3cccnc3)cc2c(=O)n1-c1ccc(N)cc1. The number of hydrogen-bond donors (Lipinski definition) is 1. The molecule has 0 amide bonds. The second kappa shape index (κ2) is 11.9. The number of carbonyl (C=O) groups excluding carboxylic acids is 1. The fourth-order valence-electron chi connectivity index (χ4n) is 4.80. The standard InChI is InChI=1S/C32H29N3O7/c1-38-26-14-20(15-27(39-2)30(26)40-3)28-24-12-11-23(42-18-19-6-5-13-34-17-19)16-25(24)31(36)35(29(28)32(37)41-4)22-9-7-21(33)8-10-22/h5-17H,18,33H2,1-4H3. The lowest BCUT2D eigenvalue weighted by molar-refractivity contribution is 0.0591. The Morgan fingerprint density at radius 3 is 2.19 bits per heavy atom. The number of rotatable bonds is 9. The van der Waals surface area contributed by atoms with Crippen LogP contribution >= 0.6 is 0 Å². The lowest BCUT2D eigenvalue weighted by Gasteiger charge is -2.21. The molecule has 5 aromatic rings. The molecule has 2 heterocycles. The van der Waals surface area contributed by atoms with Gasteiger partial charge in [0.1, 0.15) is 18.1 Å². The number of nitrogens with two attached hydrogens (primary N) is 1. The van der Waals surface area contributed by atoms with Crippen molar-refractivity contribution in [3.8, 4) is 39.8 Å². The molecule has 0 atom stereocenters. The van der Waals surface area contributed by atoms with Crippen molar-refractivity contribution in [2.45, 2.75) is 6.61 Å². The maximum Gasteiger partial charge on any atom is 0.355 e. The first-order chi connectivity index (χ1) is 20.4. The molecule has 214 valence electrons. The van der Waals surface area contributed by atoms with Gasteiger partial charge in [0.25, 0.3) is 5.56 Å². The maximum atomic E-state index is 14.2. The van der Waals surface area contributed by atoms with Gasteiger partial charge in [0.15, 0.2) is 11.5 Å². The first-order valence-electron chi connectivity index (χ1n) is 12.9. The Hall–Kier alpha value is -5.51. The minimum atomic E-state index is -0.716. The monoisotopic (exact) mass is 567 g/mol. The van der Waals surface area contributed by atoms with Crippen LogP contribution in [-0.4, -0.2) is 44.0 Å². The highest BCUT2D eigenvalue weighted by atomic mass is 16.5.